The summed E-state index contributed by atoms with van der Waals surface area (Å²) in [5.41, 5.74) is 3.26. The van der Waals surface area contributed by atoms with Crippen LogP contribution in [-0.4, -0.2) is 36.3 Å². The zero-order valence-corrected chi connectivity index (χ0v) is 15.0. The minimum Gasteiger partial charge on any atom is -0.376 e. The van der Waals surface area contributed by atoms with E-state index in [1.54, 1.807) is 29.2 Å². The number of hydrogen-bond donors (Lipinski definition) is 2. The summed E-state index contributed by atoms with van der Waals surface area (Å²) < 4.78 is 0. The van der Waals surface area contributed by atoms with Gasteiger partial charge < -0.3 is 15.5 Å². The first kappa shape index (κ1) is 18.5. The van der Waals surface area contributed by atoms with Crippen LogP contribution in [-0.2, 0) is 4.79 Å². The smallest absolute Gasteiger partial charge is 0.253 e. The lowest BCUT2D eigenvalue weighted by Gasteiger charge is -2.19. The Bertz CT molecular complexity index is 722. The number of nitrogens with one attached hydrogen (secondary N) is 2. The maximum Gasteiger partial charge on any atom is 0.253 e. The van der Waals surface area contributed by atoms with Gasteiger partial charge in [-0.15, -0.1) is 0 Å². The first-order chi connectivity index (χ1) is 12.0. The second-order valence-electron chi connectivity index (χ2n) is 5.83. The van der Waals surface area contributed by atoms with Crippen molar-refractivity contribution in [1.29, 1.82) is 0 Å². The van der Waals surface area contributed by atoms with Gasteiger partial charge >= 0.3 is 0 Å². The van der Waals surface area contributed by atoms with E-state index in [-0.39, 0.29) is 18.4 Å². The molecule has 0 bridgehead atoms. The third-order valence-corrected chi connectivity index (χ3v) is 3.95. The molecule has 2 aromatic carbocycles. The van der Waals surface area contributed by atoms with Crippen LogP contribution in [0.5, 0.6) is 0 Å². The number of benzene rings is 2. The van der Waals surface area contributed by atoms with Crippen LogP contribution in [0.1, 0.15) is 29.8 Å². The van der Waals surface area contributed by atoms with Gasteiger partial charge in [-0.05, 0) is 51.1 Å². The summed E-state index contributed by atoms with van der Waals surface area (Å²) in [6.07, 6.45) is 0. The summed E-state index contributed by atoms with van der Waals surface area (Å²) >= 11 is 0. The molecule has 0 heterocycles. The highest BCUT2D eigenvalue weighted by atomic mass is 16.2. The topological polar surface area (TPSA) is 61.4 Å². The first-order valence-corrected chi connectivity index (χ1v) is 8.53. The van der Waals surface area contributed by atoms with Gasteiger partial charge in [0.15, 0.2) is 0 Å². The van der Waals surface area contributed by atoms with E-state index in [9.17, 15) is 9.59 Å². The quantitative estimate of drug-likeness (QED) is 0.811. The minimum absolute atomic E-state index is 0.0288. The molecule has 0 atom stereocenters. The van der Waals surface area contributed by atoms with Crippen molar-refractivity contribution in [3.8, 4) is 0 Å². The van der Waals surface area contributed by atoms with Crippen LogP contribution >= 0.6 is 0 Å². The molecule has 0 aliphatic rings. The van der Waals surface area contributed by atoms with Crippen LogP contribution in [0.4, 0.5) is 11.4 Å². The molecule has 5 nitrogen and oxygen atoms in total. The molecule has 25 heavy (non-hydrogen) atoms. The number of anilines is 2. The minimum atomic E-state index is -0.159. The van der Waals surface area contributed by atoms with E-state index < -0.39 is 0 Å². The second-order valence-corrected chi connectivity index (χ2v) is 5.83. The Morgan fingerprint density at radius 2 is 1.64 bits per heavy atom. The summed E-state index contributed by atoms with van der Waals surface area (Å²) in [5, 5.41) is 5.90. The number of aryl methyl sites for hydroxylation is 1. The molecule has 0 saturated carbocycles. The summed E-state index contributed by atoms with van der Waals surface area (Å²) in [6.45, 7) is 7.40. The van der Waals surface area contributed by atoms with E-state index in [1.807, 2.05) is 45.0 Å². The molecule has 2 amide bonds. The zero-order valence-electron chi connectivity index (χ0n) is 15.0. The molecule has 0 saturated heterocycles. The Labute approximate surface area is 149 Å². The Hall–Kier alpha value is -2.82. The second kappa shape index (κ2) is 8.87. The molecule has 2 rings (SSSR count). The normalized spacial score (nSPS) is 10.2. The first-order valence-electron chi connectivity index (χ1n) is 8.53. The molecule has 0 fully saturated rings. The fraction of sp³-hybridized carbons (Fsp3) is 0.300. The predicted molar refractivity (Wildman–Crippen MR) is 102 cm³/mol. The number of nitrogens with zero attached hydrogens (tertiary/aromatic N) is 1. The molecule has 132 valence electrons. The van der Waals surface area contributed by atoms with Crippen molar-refractivity contribution in [3.05, 3.63) is 59.7 Å². The fourth-order valence-corrected chi connectivity index (χ4v) is 2.48. The maximum atomic E-state index is 12.4. The van der Waals surface area contributed by atoms with E-state index in [1.165, 1.54) is 5.56 Å². The Morgan fingerprint density at radius 3 is 2.28 bits per heavy atom. The van der Waals surface area contributed by atoms with E-state index in [2.05, 4.69) is 10.6 Å². The largest absolute Gasteiger partial charge is 0.376 e. The van der Waals surface area contributed by atoms with E-state index >= 15 is 0 Å². The monoisotopic (exact) mass is 339 g/mol. The molecule has 0 spiro atoms. The highest BCUT2D eigenvalue weighted by molar-refractivity contribution is 5.98. The number of amides is 2. The lowest BCUT2D eigenvalue weighted by Crippen LogP contribution is -2.30. The van der Waals surface area contributed by atoms with Crippen molar-refractivity contribution >= 4 is 23.2 Å². The highest BCUT2D eigenvalue weighted by Crippen LogP contribution is 2.13. The van der Waals surface area contributed by atoms with Gasteiger partial charge in [0, 0.05) is 30.0 Å². The molecule has 0 unspecified atom stereocenters. The molecule has 0 aliphatic heterocycles. The summed E-state index contributed by atoms with van der Waals surface area (Å²) in [7, 11) is 0. The lowest BCUT2D eigenvalue weighted by atomic mass is 10.1. The molecule has 0 aliphatic carbocycles. The average molecular weight is 339 g/mol. The summed E-state index contributed by atoms with van der Waals surface area (Å²) in [4.78, 5) is 26.2. The Morgan fingerprint density at radius 1 is 0.960 bits per heavy atom. The lowest BCUT2D eigenvalue weighted by molar-refractivity contribution is -0.114. The van der Waals surface area contributed by atoms with Crippen LogP contribution in [0.15, 0.2) is 48.5 Å². The van der Waals surface area contributed by atoms with Crippen LogP contribution < -0.4 is 10.6 Å². The molecule has 2 aromatic rings. The standard InChI is InChI=1S/C20H25N3O2/c1-4-23(5-2)20(25)16-7-6-8-18(13-16)22-19(24)14-21-17-11-9-15(3)10-12-17/h6-13,21H,4-5,14H2,1-3H3,(H,22,24). The Kier molecular flexibility index (Phi) is 6.57. The number of carbonyl (C=O) groups is 2. The molecular formula is C20H25N3O2. The zero-order chi connectivity index (χ0) is 18.2. The highest BCUT2D eigenvalue weighted by Gasteiger charge is 2.13. The van der Waals surface area contributed by atoms with E-state index in [4.69, 9.17) is 0 Å². The Balaban J connectivity index is 1.95. The number of rotatable bonds is 7. The molecule has 0 aromatic heterocycles. The van der Waals surface area contributed by atoms with Gasteiger partial charge in [-0.25, -0.2) is 0 Å². The SMILES string of the molecule is CCN(CC)C(=O)c1cccc(NC(=O)CNc2ccc(C)cc2)c1. The van der Waals surface area contributed by atoms with Crippen molar-refractivity contribution in [1.82, 2.24) is 4.90 Å². The van der Waals surface area contributed by atoms with Crippen LogP contribution in [0.25, 0.3) is 0 Å². The summed E-state index contributed by atoms with van der Waals surface area (Å²) in [5.74, 6) is -0.188. The molecule has 2 N–H and O–H groups in total. The van der Waals surface area contributed by atoms with Crippen LogP contribution in [0, 0.1) is 6.92 Å². The van der Waals surface area contributed by atoms with Crippen molar-refractivity contribution in [2.45, 2.75) is 20.8 Å². The fourth-order valence-electron chi connectivity index (χ4n) is 2.48. The molecule has 5 heteroatoms. The number of hydrogen-bond acceptors (Lipinski definition) is 3. The van der Waals surface area contributed by atoms with Crippen molar-refractivity contribution in [2.24, 2.45) is 0 Å². The van der Waals surface area contributed by atoms with Gasteiger partial charge in [-0.2, -0.15) is 0 Å². The van der Waals surface area contributed by atoms with Crippen molar-refractivity contribution < 1.29 is 9.59 Å². The van der Waals surface area contributed by atoms with E-state index in [0.29, 0.717) is 24.3 Å². The average Bonchev–Trinajstić information content (AvgIpc) is 2.62. The van der Waals surface area contributed by atoms with Gasteiger partial charge in [0.1, 0.15) is 0 Å². The van der Waals surface area contributed by atoms with Gasteiger partial charge in [0.2, 0.25) is 5.91 Å². The summed E-state index contributed by atoms with van der Waals surface area (Å²) in [6, 6.07) is 14.9. The van der Waals surface area contributed by atoms with Crippen molar-refractivity contribution in [2.75, 3.05) is 30.3 Å². The van der Waals surface area contributed by atoms with E-state index in [0.717, 1.165) is 5.69 Å². The van der Waals surface area contributed by atoms with Crippen LogP contribution in [0.3, 0.4) is 0 Å². The van der Waals surface area contributed by atoms with Gasteiger partial charge in [0.25, 0.3) is 5.91 Å². The third-order valence-electron chi connectivity index (χ3n) is 3.95. The van der Waals surface area contributed by atoms with Crippen molar-refractivity contribution in [3.63, 3.8) is 0 Å². The van der Waals surface area contributed by atoms with Gasteiger partial charge in [-0.1, -0.05) is 23.8 Å². The van der Waals surface area contributed by atoms with Crippen LogP contribution in [0.2, 0.25) is 0 Å². The predicted octanol–water partition coefficient (Wildman–Crippen LogP) is 3.53. The van der Waals surface area contributed by atoms with Gasteiger partial charge in [-0.3, -0.25) is 9.59 Å². The third kappa shape index (κ3) is 5.35. The molecule has 0 radical (unpaired) electrons. The van der Waals surface area contributed by atoms with Gasteiger partial charge in [0.05, 0.1) is 6.54 Å². The molecular weight excluding hydrogens is 314 g/mol. The number of carbonyl (C=O) groups excluding carboxylic acids is 2. The maximum absolute atomic E-state index is 12.4.